The summed E-state index contributed by atoms with van der Waals surface area (Å²) in [5.41, 5.74) is 8.56. The highest BCUT2D eigenvalue weighted by molar-refractivity contribution is 9.10. The second kappa shape index (κ2) is 16.1. The Balaban J connectivity index is 0.000000251. The van der Waals surface area contributed by atoms with Gasteiger partial charge in [-0.2, -0.15) is 0 Å². The number of carbonyl (C=O) groups excluding carboxylic acids is 1. The summed E-state index contributed by atoms with van der Waals surface area (Å²) in [4.78, 5) is 11.5. The van der Waals surface area contributed by atoms with Crippen LogP contribution in [-0.2, 0) is 15.6 Å². The molecule has 0 unspecified atom stereocenters. The highest BCUT2D eigenvalue weighted by Gasteiger charge is 2.32. The molecule has 0 saturated carbocycles. The summed E-state index contributed by atoms with van der Waals surface area (Å²) in [6, 6.07) is 28.3. The molecule has 4 aromatic carbocycles. The van der Waals surface area contributed by atoms with Gasteiger partial charge in [0.05, 0.1) is 0 Å². The molecule has 0 fully saturated rings. The van der Waals surface area contributed by atoms with Crippen LogP contribution in [-0.4, -0.2) is 16.0 Å². The van der Waals surface area contributed by atoms with Crippen molar-refractivity contribution in [2.75, 3.05) is 0 Å². The van der Waals surface area contributed by atoms with Crippen molar-refractivity contribution in [1.82, 2.24) is 0 Å². The Labute approximate surface area is 279 Å². The van der Waals surface area contributed by atoms with E-state index in [9.17, 15) is 15.0 Å². The minimum absolute atomic E-state index is 0.0131. The van der Waals surface area contributed by atoms with E-state index in [1.807, 2.05) is 37.3 Å². The Bertz CT molecular complexity index is 1570. The molecular weight excluding hydrogens is 620 g/mol. The number of aryl methyl sites for hydroxylation is 2. The second-order valence-corrected chi connectivity index (χ2v) is 12.7. The van der Waals surface area contributed by atoms with Gasteiger partial charge < -0.3 is 10.2 Å². The van der Waals surface area contributed by atoms with Gasteiger partial charge in [0.2, 0.25) is 0 Å². The maximum Gasteiger partial charge on any atom is 0.155 e. The minimum atomic E-state index is -0.0695. The van der Waals surface area contributed by atoms with E-state index in [1.54, 1.807) is 30.3 Å². The second-order valence-electron chi connectivity index (χ2n) is 11.9. The zero-order chi connectivity index (χ0) is 33.2. The van der Waals surface area contributed by atoms with E-state index in [1.165, 1.54) is 33.4 Å². The van der Waals surface area contributed by atoms with Crippen LogP contribution in [0.5, 0.6) is 11.5 Å². The van der Waals surface area contributed by atoms with E-state index in [-0.39, 0.29) is 16.6 Å². The normalized spacial score (nSPS) is 11.7. The van der Waals surface area contributed by atoms with Gasteiger partial charge in [-0.3, -0.25) is 4.79 Å². The van der Waals surface area contributed by atoms with Crippen molar-refractivity contribution < 1.29 is 15.0 Å². The van der Waals surface area contributed by atoms with E-state index in [0.717, 1.165) is 35.7 Å². The summed E-state index contributed by atoms with van der Waals surface area (Å²) in [7, 11) is 0. The quantitative estimate of drug-likeness (QED) is 0.156. The standard InChI is InChI=1S/C23H28O2.C18H21BrO/c1-5-21(24)13-9-18-8-10-20(16-17(18)4)23(6-2,7-3)19-11-14-22(25)15-12-19;1-4-18(5-2,14-6-9-16(20)10-7-14)15-8-11-17(19)13(3)12-15/h8-16,25H,5-7H2,1-4H3;6-12,20H,4-5H2,1-3H3/b13-9+;. The number of phenols is 2. The molecule has 0 aliphatic heterocycles. The SMILES string of the molecule is CCC(=O)/C=C/c1ccc(C(CC)(CC)c2ccc(O)cc2)cc1C.CCC(CC)(c1ccc(O)cc1)c1ccc(Br)c(C)c1. The number of hydrogen-bond donors (Lipinski definition) is 2. The fourth-order valence-electron chi connectivity index (χ4n) is 6.43. The predicted molar refractivity (Wildman–Crippen MR) is 193 cm³/mol. The van der Waals surface area contributed by atoms with Gasteiger partial charge >= 0.3 is 0 Å². The van der Waals surface area contributed by atoms with Crippen molar-refractivity contribution in [2.45, 2.75) is 91.4 Å². The average molecular weight is 670 g/mol. The molecule has 238 valence electrons. The molecule has 0 radical (unpaired) electrons. The lowest BCUT2D eigenvalue weighted by Crippen LogP contribution is -2.26. The molecule has 0 saturated heterocycles. The third-order valence-electron chi connectivity index (χ3n) is 9.58. The smallest absolute Gasteiger partial charge is 0.155 e. The average Bonchev–Trinajstić information content (AvgIpc) is 3.05. The molecule has 3 nitrogen and oxygen atoms in total. The number of rotatable bonds is 11. The molecule has 0 spiro atoms. The van der Waals surface area contributed by atoms with E-state index < -0.39 is 0 Å². The molecule has 0 heterocycles. The van der Waals surface area contributed by atoms with Crippen molar-refractivity contribution in [1.29, 1.82) is 0 Å². The van der Waals surface area contributed by atoms with Crippen LogP contribution in [0, 0.1) is 13.8 Å². The number of halogens is 1. The fourth-order valence-corrected chi connectivity index (χ4v) is 6.68. The lowest BCUT2D eigenvalue weighted by atomic mass is 9.70. The Morgan fingerprint density at radius 2 is 1.02 bits per heavy atom. The van der Waals surface area contributed by atoms with Gasteiger partial charge in [0, 0.05) is 21.7 Å². The van der Waals surface area contributed by atoms with Crippen LogP contribution in [0.3, 0.4) is 0 Å². The molecule has 0 aromatic heterocycles. The van der Waals surface area contributed by atoms with Gasteiger partial charge in [0.15, 0.2) is 5.78 Å². The summed E-state index contributed by atoms with van der Waals surface area (Å²) in [5.74, 6) is 0.757. The highest BCUT2D eigenvalue weighted by atomic mass is 79.9. The van der Waals surface area contributed by atoms with Gasteiger partial charge in [-0.25, -0.2) is 0 Å². The van der Waals surface area contributed by atoms with Crippen LogP contribution in [0.4, 0.5) is 0 Å². The van der Waals surface area contributed by atoms with Gasteiger partial charge in [-0.15, -0.1) is 0 Å². The Kier molecular flexibility index (Phi) is 12.8. The molecule has 45 heavy (non-hydrogen) atoms. The lowest BCUT2D eigenvalue weighted by Gasteiger charge is -2.33. The minimum Gasteiger partial charge on any atom is -0.508 e. The Hall–Kier alpha value is -3.63. The summed E-state index contributed by atoms with van der Waals surface area (Å²) >= 11 is 3.57. The van der Waals surface area contributed by atoms with Crippen LogP contribution in [0.25, 0.3) is 6.08 Å². The maximum absolute atomic E-state index is 11.5. The lowest BCUT2D eigenvalue weighted by molar-refractivity contribution is -0.114. The zero-order valence-electron chi connectivity index (χ0n) is 28.0. The zero-order valence-corrected chi connectivity index (χ0v) is 29.5. The molecule has 4 rings (SSSR count). The van der Waals surface area contributed by atoms with Crippen LogP contribution < -0.4 is 0 Å². The molecule has 0 atom stereocenters. The number of ketones is 1. The number of hydrogen-bond acceptors (Lipinski definition) is 3. The molecule has 0 amide bonds. The molecule has 0 aliphatic rings. The van der Waals surface area contributed by atoms with Crippen LogP contribution in [0.2, 0.25) is 0 Å². The van der Waals surface area contributed by atoms with E-state index in [4.69, 9.17) is 0 Å². The molecule has 4 aromatic rings. The van der Waals surface area contributed by atoms with Crippen molar-refractivity contribution in [3.8, 4) is 11.5 Å². The van der Waals surface area contributed by atoms with Gasteiger partial charge in [-0.05, 0) is 115 Å². The van der Waals surface area contributed by atoms with Crippen molar-refractivity contribution in [3.63, 3.8) is 0 Å². The first-order valence-corrected chi connectivity index (χ1v) is 17.0. The van der Waals surface area contributed by atoms with Crippen LogP contribution in [0.1, 0.15) is 106 Å². The monoisotopic (exact) mass is 668 g/mol. The fraction of sp³-hybridized carbons (Fsp3) is 0.341. The van der Waals surface area contributed by atoms with Crippen molar-refractivity contribution in [3.05, 3.63) is 134 Å². The summed E-state index contributed by atoms with van der Waals surface area (Å²) < 4.78 is 1.15. The number of benzene rings is 4. The molecule has 2 N–H and O–H groups in total. The number of aromatic hydroxyl groups is 2. The molecular formula is C41H49BrO3. The van der Waals surface area contributed by atoms with Gasteiger partial charge in [-0.1, -0.05) is 111 Å². The van der Waals surface area contributed by atoms with E-state index in [0.29, 0.717) is 17.9 Å². The molecule has 4 heteroatoms. The largest absolute Gasteiger partial charge is 0.508 e. The highest BCUT2D eigenvalue weighted by Crippen LogP contribution is 2.41. The summed E-state index contributed by atoms with van der Waals surface area (Å²) in [6.45, 7) is 15.0. The third-order valence-corrected chi connectivity index (χ3v) is 10.5. The first-order chi connectivity index (χ1) is 21.5. The van der Waals surface area contributed by atoms with Crippen molar-refractivity contribution >= 4 is 27.8 Å². The predicted octanol–water partition coefficient (Wildman–Crippen LogP) is 11.4. The van der Waals surface area contributed by atoms with Crippen LogP contribution in [0.15, 0.2) is 95.5 Å². The van der Waals surface area contributed by atoms with Gasteiger partial charge in [0.25, 0.3) is 0 Å². The number of phenolic OH excluding ortho intramolecular Hbond substituents is 2. The molecule has 0 aliphatic carbocycles. The number of allylic oxidation sites excluding steroid dienone is 1. The van der Waals surface area contributed by atoms with Crippen molar-refractivity contribution in [2.24, 2.45) is 0 Å². The maximum atomic E-state index is 11.5. The van der Waals surface area contributed by atoms with E-state index in [2.05, 4.69) is 93.9 Å². The summed E-state index contributed by atoms with van der Waals surface area (Å²) in [5, 5.41) is 19.1. The first-order valence-electron chi connectivity index (χ1n) is 16.2. The van der Waals surface area contributed by atoms with Crippen LogP contribution >= 0.6 is 15.9 Å². The summed E-state index contributed by atoms with van der Waals surface area (Å²) in [6.07, 6.45) is 8.14. The Morgan fingerprint density at radius 1 is 0.622 bits per heavy atom. The third kappa shape index (κ3) is 8.16. The molecule has 0 bridgehead atoms. The first kappa shape index (κ1) is 35.8. The number of carbonyl (C=O) groups is 1. The Morgan fingerprint density at radius 3 is 1.40 bits per heavy atom. The van der Waals surface area contributed by atoms with Gasteiger partial charge in [0.1, 0.15) is 11.5 Å². The van der Waals surface area contributed by atoms with E-state index >= 15 is 0 Å². The topological polar surface area (TPSA) is 57.5 Å².